The van der Waals surface area contributed by atoms with E-state index in [-0.39, 0.29) is 17.3 Å². The maximum absolute atomic E-state index is 10.4. The predicted octanol–water partition coefficient (Wildman–Crippen LogP) is 0.449. The molecular weight excluding hydrogens is 162 g/mol. The van der Waals surface area contributed by atoms with Crippen molar-refractivity contribution in [3.63, 3.8) is 0 Å². The molecular formula is C6H7N3O3. The third-order valence-electron chi connectivity index (χ3n) is 1.55. The second-order valence-electron chi connectivity index (χ2n) is 2.31. The molecule has 0 aromatic carbocycles. The Bertz CT molecular complexity index is 342. The van der Waals surface area contributed by atoms with Crippen LogP contribution in [-0.4, -0.2) is 20.8 Å². The summed E-state index contributed by atoms with van der Waals surface area (Å²) in [7, 11) is 1.43. The topological polar surface area (TPSA) is 78.0 Å². The summed E-state index contributed by atoms with van der Waals surface area (Å²) in [6.07, 6.45) is 0.486. The highest BCUT2D eigenvalue weighted by molar-refractivity contribution is 5.70. The van der Waals surface area contributed by atoms with Gasteiger partial charge in [0.1, 0.15) is 5.69 Å². The molecule has 6 heteroatoms. The summed E-state index contributed by atoms with van der Waals surface area (Å²) in [5.41, 5.74) is 0.254. The van der Waals surface area contributed by atoms with E-state index in [1.165, 1.54) is 14.0 Å². The molecule has 0 bridgehead atoms. The molecule has 6 nitrogen and oxygen atoms in total. The predicted molar refractivity (Wildman–Crippen MR) is 40.0 cm³/mol. The highest BCUT2D eigenvalue weighted by Gasteiger charge is 2.20. The van der Waals surface area contributed by atoms with Gasteiger partial charge >= 0.3 is 5.82 Å². The van der Waals surface area contributed by atoms with Crippen LogP contribution >= 0.6 is 0 Å². The van der Waals surface area contributed by atoms with E-state index in [9.17, 15) is 14.9 Å². The lowest BCUT2D eigenvalue weighted by Gasteiger charge is -1.93. The fourth-order valence-corrected chi connectivity index (χ4v) is 1.01. The van der Waals surface area contributed by atoms with E-state index in [1.807, 2.05) is 0 Å². The Morgan fingerprint density at radius 1 is 1.67 bits per heavy atom. The first-order chi connectivity index (χ1) is 5.57. The van der Waals surface area contributed by atoms with E-state index < -0.39 is 4.92 Å². The zero-order valence-electron chi connectivity index (χ0n) is 6.64. The first-order valence-corrected chi connectivity index (χ1v) is 3.20. The van der Waals surface area contributed by atoms with Gasteiger partial charge in [0.15, 0.2) is 0 Å². The van der Waals surface area contributed by atoms with Crippen LogP contribution in [0, 0.1) is 17.0 Å². The molecule has 1 rings (SSSR count). The van der Waals surface area contributed by atoms with Gasteiger partial charge in [-0.3, -0.25) is 4.79 Å². The van der Waals surface area contributed by atoms with E-state index in [2.05, 4.69) is 4.98 Å². The molecule has 1 heterocycles. The molecule has 0 saturated carbocycles. The summed E-state index contributed by atoms with van der Waals surface area (Å²) in [4.78, 5) is 23.9. The lowest BCUT2D eigenvalue weighted by Crippen LogP contribution is -2.01. The summed E-state index contributed by atoms with van der Waals surface area (Å²) in [5, 5.41) is 10.4. The van der Waals surface area contributed by atoms with E-state index in [4.69, 9.17) is 0 Å². The van der Waals surface area contributed by atoms with Gasteiger partial charge in [0, 0.05) is 0 Å². The van der Waals surface area contributed by atoms with Gasteiger partial charge in [-0.25, -0.2) is 9.55 Å². The maximum Gasteiger partial charge on any atom is 0.345 e. The third kappa shape index (κ3) is 1.07. The van der Waals surface area contributed by atoms with Crippen LogP contribution in [0.3, 0.4) is 0 Å². The highest BCUT2D eigenvalue weighted by Crippen LogP contribution is 2.16. The van der Waals surface area contributed by atoms with Crippen LogP contribution in [0.2, 0.25) is 0 Å². The summed E-state index contributed by atoms with van der Waals surface area (Å²) in [6, 6.07) is 0. The van der Waals surface area contributed by atoms with Crippen molar-refractivity contribution in [3.05, 3.63) is 21.6 Å². The Hall–Kier alpha value is -1.72. The highest BCUT2D eigenvalue weighted by atomic mass is 16.6. The quantitative estimate of drug-likeness (QED) is 0.365. The van der Waals surface area contributed by atoms with Crippen molar-refractivity contribution in [1.82, 2.24) is 9.55 Å². The van der Waals surface area contributed by atoms with Gasteiger partial charge in [0.2, 0.25) is 6.29 Å². The van der Waals surface area contributed by atoms with Gasteiger partial charge in [-0.1, -0.05) is 0 Å². The standard InChI is InChI=1S/C6H7N3O3/c1-4-6(9(11)12)8(2)5(3-10)7-4/h3H,1-2H3. The van der Waals surface area contributed by atoms with Crippen LogP contribution in [0.1, 0.15) is 16.3 Å². The van der Waals surface area contributed by atoms with Crippen molar-refractivity contribution in [2.24, 2.45) is 7.05 Å². The lowest BCUT2D eigenvalue weighted by molar-refractivity contribution is -0.392. The monoisotopic (exact) mass is 169 g/mol. The molecule has 0 saturated heterocycles. The maximum atomic E-state index is 10.4. The van der Waals surface area contributed by atoms with Crippen molar-refractivity contribution < 1.29 is 9.72 Å². The molecule has 1 aromatic rings. The number of hydrogen-bond donors (Lipinski definition) is 0. The molecule has 0 radical (unpaired) electrons. The van der Waals surface area contributed by atoms with E-state index >= 15 is 0 Å². The molecule has 0 aliphatic carbocycles. The SMILES string of the molecule is Cc1nc(C=O)n(C)c1[N+](=O)[O-]. The second kappa shape index (κ2) is 2.72. The molecule has 0 amide bonds. The normalized spacial score (nSPS) is 9.83. The van der Waals surface area contributed by atoms with Crippen molar-refractivity contribution >= 4 is 12.1 Å². The average Bonchev–Trinajstić information content (AvgIpc) is 2.25. The van der Waals surface area contributed by atoms with Crippen molar-refractivity contribution in [3.8, 4) is 0 Å². The van der Waals surface area contributed by atoms with Gasteiger partial charge in [-0.05, 0) is 11.8 Å². The number of aromatic nitrogens is 2. The van der Waals surface area contributed by atoms with Crippen LogP contribution in [-0.2, 0) is 7.05 Å². The van der Waals surface area contributed by atoms with Crippen molar-refractivity contribution in [2.45, 2.75) is 6.92 Å². The molecule has 0 fully saturated rings. The number of nitro groups is 1. The minimum Gasteiger partial charge on any atom is -0.358 e. The van der Waals surface area contributed by atoms with Crippen LogP contribution in [0.15, 0.2) is 0 Å². The number of rotatable bonds is 2. The Balaban J connectivity index is 3.37. The summed E-state index contributed by atoms with van der Waals surface area (Å²) >= 11 is 0. The number of hydrogen-bond acceptors (Lipinski definition) is 4. The number of imidazole rings is 1. The van der Waals surface area contributed by atoms with E-state index in [1.54, 1.807) is 0 Å². The minimum absolute atomic E-state index is 0.0687. The zero-order valence-corrected chi connectivity index (χ0v) is 6.64. The average molecular weight is 169 g/mol. The van der Waals surface area contributed by atoms with Crippen LogP contribution in [0.5, 0.6) is 0 Å². The fourth-order valence-electron chi connectivity index (χ4n) is 1.01. The first-order valence-electron chi connectivity index (χ1n) is 3.20. The molecule has 0 aliphatic heterocycles. The van der Waals surface area contributed by atoms with Gasteiger partial charge in [-0.2, -0.15) is 0 Å². The molecule has 0 atom stereocenters. The van der Waals surface area contributed by atoms with Gasteiger partial charge in [0.25, 0.3) is 5.82 Å². The summed E-state index contributed by atoms with van der Waals surface area (Å²) in [6.45, 7) is 1.49. The molecule has 0 unspecified atom stereocenters. The molecule has 0 spiro atoms. The number of carbonyl (C=O) groups is 1. The molecule has 1 aromatic heterocycles. The Kier molecular flexibility index (Phi) is 1.90. The number of aldehydes is 1. The first kappa shape index (κ1) is 8.38. The molecule has 0 aliphatic rings. The minimum atomic E-state index is -0.560. The molecule has 12 heavy (non-hydrogen) atoms. The summed E-state index contributed by atoms with van der Waals surface area (Å²) < 4.78 is 1.16. The van der Waals surface area contributed by atoms with Gasteiger partial charge < -0.3 is 10.1 Å². The van der Waals surface area contributed by atoms with Gasteiger partial charge in [-0.15, -0.1) is 0 Å². The van der Waals surface area contributed by atoms with Crippen molar-refractivity contribution in [2.75, 3.05) is 0 Å². The summed E-state index contributed by atoms with van der Waals surface area (Å²) in [5.74, 6) is -0.0729. The van der Waals surface area contributed by atoms with Crippen molar-refractivity contribution in [1.29, 1.82) is 0 Å². The second-order valence-corrected chi connectivity index (χ2v) is 2.31. The number of nitrogens with zero attached hydrogens (tertiary/aromatic N) is 3. The molecule has 64 valence electrons. The Labute approximate surface area is 68.0 Å². The third-order valence-corrected chi connectivity index (χ3v) is 1.55. The number of carbonyl (C=O) groups excluding carboxylic acids is 1. The lowest BCUT2D eigenvalue weighted by atomic mass is 10.5. The van der Waals surface area contributed by atoms with Crippen LogP contribution < -0.4 is 0 Å². The van der Waals surface area contributed by atoms with Gasteiger partial charge in [0.05, 0.1) is 7.05 Å². The largest absolute Gasteiger partial charge is 0.358 e. The Morgan fingerprint density at radius 3 is 2.50 bits per heavy atom. The van der Waals surface area contributed by atoms with E-state index in [0.717, 1.165) is 4.57 Å². The Morgan fingerprint density at radius 2 is 2.25 bits per heavy atom. The zero-order chi connectivity index (χ0) is 9.30. The van der Waals surface area contributed by atoms with E-state index in [0.29, 0.717) is 6.29 Å². The van der Waals surface area contributed by atoms with Crippen LogP contribution in [0.25, 0.3) is 0 Å². The smallest absolute Gasteiger partial charge is 0.345 e. The molecule has 0 N–H and O–H groups in total. The number of aryl methyl sites for hydroxylation is 1. The fraction of sp³-hybridized carbons (Fsp3) is 0.333. The van der Waals surface area contributed by atoms with Crippen LogP contribution in [0.4, 0.5) is 5.82 Å².